The van der Waals surface area contributed by atoms with Gasteiger partial charge in [0.25, 0.3) is 5.91 Å². The van der Waals surface area contributed by atoms with E-state index in [1.54, 1.807) is 32.2 Å². The Bertz CT molecular complexity index is 969. The summed E-state index contributed by atoms with van der Waals surface area (Å²) < 4.78 is 16.0. The van der Waals surface area contributed by atoms with E-state index in [0.29, 0.717) is 35.1 Å². The lowest BCUT2D eigenvalue weighted by Crippen LogP contribution is -2.45. The van der Waals surface area contributed by atoms with Crippen LogP contribution in [0.3, 0.4) is 0 Å². The molecule has 1 aliphatic rings. The largest absolute Gasteiger partial charge is 0.497 e. The highest BCUT2D eigenvalue weighted by Gasteiger charge is 2.31. The van der Waals surface area contributed by atoms with Crippen molar-refractivity contribution in [2.24, 2.45) is 0 Å². The fourth-order valence-corrected chi connectivity index (χ4v) is 3.26. The normalized spacial score (nSPS) is 15.7. The molecule has 0 aromatic heterocycles. The Kier molecular flexibility index (Phi) is 6.46. The predicted molar refractivity (Wildman–Crippen MR) is 113 cm³/mol. The van der Waals surface area contributed by atoms with Crippen LogP contribution in [0.15, 0.2) is 53.7 Å². The van der Waals surface area contributed by atoms with Crippen LogP contribution in [0.5, 0.6) is 17.2 Å². The van der Waals surface area contributed by atoms with Gasteiger partial charge >= 0.3 is 6.03 Å². The van der Waals surface area contributed by atoms with Gasteiger partial charge in [-0.2, -0.15) is 0 Å². The van der Waals surface area contributed by atoms with Gasteiger partial charge in [-0.3, -0.25) is 4.79 Å². The molecule has 1 unspecified atom stereocenters. The van der Waals surface area contributed by atoms with Crippen molar-refractivity contribution in [3.63, 3.8) is 0 Å². The fourth-order valence-electron chi connectivity index (χ4n) is 3.26. The molecule has 3 amide bonds. The lowest BCUT2D eigenvalue weighted by Gasteiger charge is -2.29. The Balaban J connectivity index is 1.91. The predicted octanol–water partition coefficient (Wildman–Crippen LogP) is 3.37. The number of hydrogen-bond acceptors (Lipinski definition) is 5. The molecule has 2 aromatic carbocycles. The number of rotatable bonds is 7. The van der Waals surface area contributed by atoms with Crippen molar-refractivity contribution in [3.8, 4) is 17.2 Å². The molecule has 0 saturated heterocycles. The monoisotopic (exact) mass is 411 g/mol. The number of amides is 3. The number of carbonyl (C=O) groups is 2. The first-order chi connectivity index (χ1) is 14.5. The van der Waals surface area contributed by atoms with Gasteiger partial charge in [0, 0.05) is 11.8 Å². The molecule has 158 valence electrons. The molecule has 0 radical (unpaired) electrons. The van der Waals surface area contributed by atoms with Gasteiger partial charge in [-0.05, 0) is 43.7 Å². The van der Waals surface area contributed by atoms with Crippen molar-refractivity contribution in [1.29, 1.82) is 0 Å². The van der Waals surface area contributed by atoms with Crippen molar-refractivity contribution in [2.75, 3.05) is 26.1 Å². The molecule has 0 fully saturated rings. The maximum atomic E-state index is 13.2. The van der Waals surface area contributed by atoms with Gasteiger partial charge in [-0.15, -0.1) is 0 Å². The van der Waals surface area contributed by atoms with Gasteiger partial charge in [0.2, 0.25) is 0 Å². The Labute approximate surface area is 175 Å². The Morgan fingerprint density at radius 1 is 1.07 bits per heavy atom. The number of ether oxygens (including phenoxy) is 3. The lowest BCUT2D eigenvalue weighted by molar-refractivity contribution is -0.113. The molecule has 30 heavy (non-hydrogen) atoms. The summed E-state index contributed by atoms with van der Waals surface area (Å²) in [7, 11) is 3.07. The first kappa shape index (κ1) is 21.0. The van der Waals surface area contributed by atoms with E-state index in [1.807, 2.05) is 31.2 Å². The van der Waals surface area contributed by atoms with Crippen LogP contribution in [-0.2, 0) is 4.79 Å². The van der Waals surface area contributed by atoms with Gasteiger partial charge in [0.05, 0.1) is 38.1 Å². The number of urea groups is 1. The molecule has 3 N–H and O–H groups in total. The molecule has 2 aromatic rings. The van der Waals surface area contributed by atoms with Crippen LogP contribution in [0, 0.1) is 0 Å². The number of hydrogen-bond donors (Lipinski definition) is 3. The standard InChI is InChI=1S/C22H25N3O5/c1-5-30-15-8-6-14(7-9-15)20-19(13(2)23-22(27)25-20)21(26)24-17-11-10-16(28-3)12-18(17)29-4/h6-12,20H,5H2,1-4H3,(H,24,26)(H2,23,25,27). The summed E-state index contributed by atoms with van der Waals surface area (Å²) in [6, 6.07) is 11.4. The van der Waals surface area contributed by atoms with Crippen molar-refractivity contribution < 1.29 is 23.8 Å². The van der Waals surface area contributed by atoms with Gasteiger partial charge in [0.1, 0.15) is 17.2 Å². The maximum absolute atomic E-state index is 13.2. The van der Waals surface area contributed by atoms with Gasteiger partial charge in [-0.1, -0.05) is 12.1 Å². The molecule has 0 spiro atoms. The van der Waals surface area contributed by atoms with Crippen LogP contribution in [-0.4, -0.2) is 32.8 Å². The molecule has 0 bridgehead atoms. The van der Waals surface area contributed by atoms with Crippen LogP contribution < -0.4 is 30.2 Å². The number of nitrogens with one attached hydrogen (secondary N) is 3. The number of methoxy groups -OCH3 is 2. The van der Waals surface area contributed by atoms with E-state index in [-0.39, 0.29) is 11.9 Å². The van der Waals surface area contributed by atoms with Gasteiger partial charge < -0.3 is 30.2 Å². The second-order valence-electron chi connectivity index (χ2n) is 6.59. The molecule has 3 rings (SSSR count). The van der Waals surface area contributed by atoms with Crippen molar-refractivity contribution >= 4 is 17.6 Å². The highest BCUT2D eigenvalue weighted by atomic mass is 16.5. The first-order valence-electron chi connectivity index (χ1n) is 9.51. The highest BCUT2D eigenvalue weighted by Crippen LogP contribution is 2.32. The second kappa shape index (κ2) is 9.21. The minimum atomic E-state index is -0.612. The number of benzene rings is 2. The summed E-state index contributed by atoms with van der Waals surface area (Å²) in [5, 5.41) is 8.35. The van der Waals surface area contributed by atoms with Crippen LogP contribution in [0.2, 0.25) is 0 Å². The molecule has 1 aliphatic heterocycles. The first-order valence-corrected chi connectivity index (χ1v) is 9.51. The molecule has 1 heterocycles. The summed E-state index contributed by atoms with van der Waals surface area (Å²) in [6.07, 6.45) is 0. The molecular formula is C22H25N3O5. The molecule has 8 nitrogen and oxygen atoms in total. The topological polar surface area (TPSA) is 97.9 Å². The number of carbonyl (C=O) groups excluding carboxylic acids is 2. The number of anilines is 1. The lowest BCUT2D eigenvalue weighted by atomic mass is 9.94. The molecule has 0 saturated carbocycles. The Morgan fingerprint density at radius 3 is 2.40 bits per heavy atom. The maximum Gasteiger partial charge on any atom is 0.319 e. The smallest absolute Gasteiger partial charge is 0.319 e. The summed E-state index contributed by atoms with van der Waals surface area (Å²) in [5.41, 5.74) is 2.13. The third-order valence-corrected chi connectivity index (χ3v) is 4.70. The highest BCUT2D eigenvalue weighted by molar-refractivity contribution is 6.07. The van der Waals surface area contributed by atoms with Crippen LogP contribution >= 0.6 is 0 Å². The molecule has 0 aliphatic carbocycles. The zero-order chi connectivity index (χ0) is 21.7. The van der Waals surface area contributed by atoms with E-state index in [1.165, 1.54) is 7.11 Å². The van der Waals surface area contributed by atoms with Crippen molar-refractivity contribution in [1.82, 2.24) is 10.6 Å². The van der Waals surface area contributed by atoms with E-state index in [9.17, 15) is 9.59 Å². The van der Waals surface area contributed by atoms with Crippen LogP contribution in [0.4, 0.5) is 10.5 Å². The second-order valence-corrected chi connectivity index (χ2v) is 6.59. The van der Waals surface area contributed by atoms with E-state index < -0.39 is 6.04 Å². The third-order valence-electron chi connectivity index (χ3n) is 4.70. The average molecular weight is 411 g/mol. The van der Waals surface area contributed by atoms with Crippen molar-refractivity contribution in [3.05, 3.63) is 59.3 Å². The van der Waals surface area contributed by atoms with Crippen molar-refractivity contribution in [2.45, 2.75) is 19.9 Å². The minimum absolute atomic E-state index is 0.359. The minimum Gasteiger partial charge on any atom is -0.497 e. The quantitative estimate of drug-likeness (QED) is 0.649. The zero-order valence-electron chi connectivity index (χ0n) is 17.4. The van der Waals surface area contributed by atoms with Crippen LogP contribution in [0.1, 0.15) is 25.5 Å². The Hall–Kier alpha value is -3.68. The molecule has 8 heteroatoms. The van der Waals surface area contributed by atoms with Gasteiger partial charge in [0.15, 0.2) is 0 Å². The fraction of sp³-hybridized carbons (Fsp3) is 0.273. The summed E-state index contributed by atoms with van der Waals surface area (Å²) in [5.74, 6) is 1.43. The van der Waals surface area contributed by atoms with E-state index in [0.717, 1.165) is 11.3 Å². The third kappa shape index (κ3) is 4.48. The Morgan fingerprint density at radius 2 is 1.77 bits per heavy atom. The van der Waals surface area contributed by atoms with E-state index in [4.69, 9.17) is 14.2 Å². The summed E-state index contributed by atoms with van der Waals surface area (Å²) >= 11 is 0. The summed E-state index contributed by atoms with van der Waals surface area (Å²) in [6.45, 7) is 4.16. The molecule has 1 atom stereocenters. The SMILES string of the molecule is CCOc1ccc(C2NC(=O)NC(C)=C2C(=O)Nc2ccc(OC)cc2OC)cc1. The number of allylic oxidation sites excluding steroid dienone is 1. The van der Waals surface area contributed by atoms with Gasteiger partial charge in [-0.25, -0.2) is 4.79 Å². The van der Waals surface area contributed by atoms with Crippen LogP contribution in [0.25, 0.3) is 0 Å². The zero-order valence-corrected chi connectivity index (χ0v) is 17.4. The summed E-state index contributed by atoms with van der Waals surface area (Å²) in [4.78, 5) is 25.3. The average Bonchev–Trinajstić information content (AvgIpc) is 2.74. The van der Waals surface area contributed by atoms with E-state index >= 15 is 0 Å². The van der Waals surface area contributed by atoms with E-state index in [2.05, 4.69) is 16.0 Å². The molecular weight excluding hydrogens is 386 g/mol.